The molecule has 5 nitrogen and oxygen atoms in total. The third-order valence-electron chi connectivity index (χ3n) is 4.43. The Morgan fingerprint density at radius 1 is 1.16 bits per heavy atom. The summed E-state index contributed by atoms with van der Waals surface area (Å²) in [6.07, 6.45) is 3.46. The Kier molecular flexibility index (Phi) is 3.92. The van der Waals surface area contributed by atoms with Crippen molar-refractivity contribution < 1.29 is 9.26 Å². The molecule has 0 fully saturated rings. The summed E-state index contributed by atoms with van der Waals surface area (Å²) in [6, 6.07) is 11.8. The van der Waals surface area contributed by atoms with Gasteiger partial charge in [0.25, 0.3) is 5.89 Å². The van der Waals surface area contributed by atoms with E-state index in [0.717, 1.165) is 24.0 Å². The highest BCUT2D eigenvalue weighted by molar-refractivity contribution is 5.68. The van der Waals surface area contributed by atoms with Crippen molar-refractivity contribution in [2.24, 2.45) is 0 Å². The van der Waals surface area contributed by atoms with Crippen molar-refractivity contribution in [3.05, 3.63) is 47.5 Å². The van der Waals surface area contributed by atoms with Crippen molar-refractivity contribution in [1.82, 2.24) is 10.1 Å². The summed E-state index contributed by atoms with van der Waals surface area (Å²) in [5.41, 5.74) is 11.2. The molecule has 0 saturated carbocycles. The van der Waals surface area contributed by atoms with E-state index >= 15 is 0 Å². The molecule has 0 bridgehead atoms. The number of aromatic nitrogens is 2. The summed E-state index contributed by atoms with van der Waals surface area (Å²) in [5, 5.41) is 4.18. The second-order valence-electron chi connectivity index (χ2n) is 6.64. The van der Waals surface area contributed by atoms with Crippen LogP contribution in [0.3, 0.4) is 0 Å². The van der Waals surface area contributed by atoms with Crippen LogP contribution in [0.25, 0.3) is 22.8 Å². The minimum Gasteiger partial charge on any atom is -0.489 e. The SMILES string of the molecule is CC(C)Oc1ccc(-c2nc(-c3cccc4c3CCC4)no2)cc1N. The largest absolute Gasteiger partial charge is 0.489 e. The zero-order chi connectivity index (χ0) is 17.4. The molecule has 0 spiro atoms. The molecule has 2 N–H and O–H groups in total. The lowest BCUT2D eigenvalue weighted by Crippen LogP contribution is -2.07. The van der Waals surface area contributed by atoms with Crippen LogP contribution >= 0.6 is 0 Å². The Morgan fingerprint density at radius 3 is 2.84 bits per heavy atom. The molecular formula is C20H21N3O2. The van der Waals surface area contributed by atoms with Crippen LogP contribution in [0.2, 0.25) is 0 Å². The van der Waals surface area contributed by atoms with Gasteiger partial charge in [-0.2, -0.15) is 4.98 Å². The number of benzene rings is 2. The molecule has 1 aliphatic carbocycles. The number of aryl methyl sites for hydroxylation is 1. The van der Waals surface area contributed by atoms with Crippen molar-refractivity contribution in [2.45, 2.75) is 39.2 Å². The molecule has 1 aliphatic rings. The summed E-state index contributed by atoms with van der Waals surface area (Å²) >= 11 is 0. The molecular weight excluding hydrogens is 314 g/mol. The van der Waals surface area contributed by atoms with Gasteiger partial charge in [-0.15, -0.1) is 0 Å². The van der Waals surface area contributed by atoms with E-state index in [9.17, 15) is 0 Å². The van der Waals surface area contributed by atoms with Crippen LogP contribution in [0.4, 0.5) is 5.69 Å². The van der Waals surface area contributed by atoms with E-state index in [1.54, 1.807) is 0 Å². The molecule has 0 saturated heterocycles. The van der Waals surface area contributed by atoms with Crippen molar-refractivity contribution in [3.63, 3.8) is 0 Å². The van der Waals surface area contributed by atoms with Crippen LogP contribution in [0.1, 0.15) is 31.4 Å². The van der Waals surface area contributed by atoms with Crippen molar-refractivity contribution in [3.8, 4) is 28.6 Å². The van der Waals surface area contributed by atoms with Crippen molar-refractivity contribution in [1.29, 1.82) is 0 Å². The Morgan fingerprint density at radius 2 is 2.04 bits per heavy atom. The predicted molar refractivity (Wildman–Crippen MR) is 97.4 cm³/mol. The van der Waals surface area contributed by atoms with E-state index in [2.05, 4.69) is 28.3 Å². The van der Waals surface area contributed by atoms with E-state index in [4.69, 9.17) is 15.0 Å². The van der Waals surface area contributed by atoms with Crippen LogP contribution in [-0.2, 0) is 12.8 Å². The number of nitrogens with zero attached hydrogens (tertiary/aromatic N) is 2. The van der Waals surface area contributed by atoms with E-state index in [1.807, 2.05) is 32.0 Å². The highest BCUT2D eigenvalue weighted by Crippen LogP contribution is 2.33. The highest BCUT2D eigenvalue weighted by atomic mass is 16.5. The van der Waals surface area contributed by atoms with Gasteiger partial charge in [-0.3, -0.25) is 0 Å². The standard InChI is InChI=1S/C20H21N3O2/c1-12(2)24-18-10-9-14(11-17(18)21)20-22-19(23-25-20)16-8-4-6-13-5-3-7-15(13)16/h4,6,8-12H,3,5,7,21H2,1-2H3. The lowest BCUT2D eigenvalue weighted by molar-refractivity contribution is 0.244. The fraction of sp³-hybridized carbons (Fsp3) is 0.300. The summed E-state index contributed by atoms with van der Waals surface area (Å²) in [6.45, 7) is 3.94. The molecule has 1 heterocycles. The number of nitrogens with two attached hydrogens (primary N) is 1. The van der Waals surface area contributed by atoms with Gasteiger partial charge in [-0.25, -0.2) is 0 Å². The maximum atomic E-state index is 6.08. The van der Waals surface area contributed by atoms with Crippen LogP contribution in [-0.4, -0.2) is 16.2 Å². The Labute approximate surface area is 146 Å². The molecule has 0 atom stereocenters. The molecule has 4 rings (SSSR count). The molecule has 2 aromatic carbocycles. The monoisotopic (exact) mass is 335 g/mol. The topological polar surface area (TPSA) is 74.2 Å². The molecule has 0 radical (unpaired) electrons. The zero-order valence-electron chi connectivity index (χ0n) is 14.5. The van der Waals surface area contributed by atoms with Gasteiger partial charge in [0.2, 0.25) is 5.82 Å². The second kappa shape index (κ2) is 6.24. The van der Waals surface area contributed by atoms with Crippen LogP contribution < -0.4 is 10.5 Å². The average Bonchev–Trinajstić information content (AvgIpc) is 3.24. The maximum Gasteiger partial charge on any atom is 0.258 e. The molecule has 1 aromatic heterocycles. The van der Waals surface area contributed by atoms with Gasteiger partial charge in [0.05, 0.1) is 11.8 Å². The first-order valence-electron chi connectivity index (χ1n) is 8.63. The van der Waals surface area contributed by atoms with E-state index in [0.29, 0.717) is 23.2 Å². The third-order valence-corrected chi connectivity index (χ3v) is 4.43. The van der Waals surface area contributed by atoms with Gasteiger partial charge in [0, 0.05) is 11.1 Å². The minimum absolute atomic E-state index is 0.0725. The summed E-state index contributed by atoms with van der Waals surface area (Å²) in [5.74, 6) is 1.77. The molecule has 25 heavy (non-hydrogen) atoms. The number of hydrogen-bond donors (Lipinski definition) is 1. The van der Waals surface area contributed by atoms with Crippen LogP contribution in [0.15, 0.2) is 40.9 Å². The van der Waals surface area contributed by atoms with Crippen molar-refractivity contribution >= 4 is 5.69 Å². The first kappa shape index (κ1) is 15.7. The molecule has 0 unspecified atom stereocenters. The normalized spacial score (nSPS) is 13.2. The van der Waals surface area contributed by atoms with Gasteiger partial charge in [-0.05, 0) is 62.4 Å². The first-order valence-corrected chi connectivity index (χ1v) is 8.63. The summed E-state index contributed by atoms with van der Waals surface area (Å²) in [4.78, 5) is 4.59. The van der Waals surface area contributed by atoms with Gasteiger partial charge in [-0.1, -0.05) is 23.4 Å². The Balaban J connectivity index is 1.66. The average molecular weight is 335 g/mol. The third kappa shape index (κ3) is 2.97. The lowest BCUT2D eigenvalue weighted by Gasteiger charge is -2.12. The molecule has 5 heteroatoms. The zero-order valence-corrected chi connectivity index (χ0v) is 14.5. The molecule has 0 aliphatic heterocycles. The fourth-order valence-corrected chi connectivity index (χ4v) is 3.32. The van der Waals surface area contributed by atoms with Crippen LogP contribution in [0, 0.1) is 0 Å². The Bertz CT molecular complexity index is 915. The predicted octanol–water partition coefficient (Wildman–Crippen LogP) is 4.26. The number of nitrogen functional groups attached to an aromatic ring is 1. The van der Waals surface area contributed by atoms with E-state index in [-0.39, 0.29) is 6.10 Å². The second-order valence-corrected chi connectivity index (χ2v) is 6.64. The fourth-order valence-electron chi connectivity index (χ4n) is 3.32. The van der Waals surface area contributed by atoms with E-state index < -0.39 is 0 Å². The number of ether oxygens (including phenoxy) is 1. The van der Waals surface area contributed by atoms with E-state index in [1.165, 1.54) is 17.5 Å². The lowest BCUT2D eigenvalue weighted by atomic mass is 10.0. The highest BCUT2D eigenvalue weighted by Gasteiger charge is 2.19. The van der Waals surface area contributed by atoms with Gasteiger partial charge in [0.15, 0.2) is 0 Å². The van der Waals surface area contributed by atoms with Crippen LogP contribution in [0.5, 0.6) is 5.75 Å². The number of fused-ring (bicyclic) bond motifs is 1. The number of anilines is 1. The van der Waals surface area contributed by atoms with Gasteiger partial charge in [0.1, 0.15) is 5.75 Å². The van der Waals surface area contributed by atoms with Gasteiger partial charge < -0.3 is 15.0 Å². The summed E-state index contributed by atoms with van der Waals surface area (Å²) < 4.78 is 11.2. The number of hydrogen-bond acceptors (Lipinski definition) is 5. The van der Waals surface area contributed by atoms with Gasteiger partial charge >= 0.3 is 0 Å². The Hall–Kier alpha value is -2.82. The smallest absolute Gasteiger partial charge is 0.258 e. The minimum atomic E-state index is 0.0725. The van der Waals surface area contributed by atoms with Crippen molar-refractivity contribution in [2.75, 3.05) is 5.73 Å². The summed E-state index contributed by atoms with van der Waals surface area (Å²) in [7, 11) is 0. The maximum absolute atomic E-state index is 6.08. The molecule has 0 amide bonds. The molecule has 128 valence electrons. The quantitative estimate of drug-likeness (QED) is 0.721. The number of rotatable bonds is 4. The molecule has 3 aromatic rings. The first-order chi connectivity index (χ1) is 12.1.